The van der Waals surface area contributed by atoms with E-state index in [0.717, 1.165) is 11.3 Å². The van der Waals surface area contributed by atoms with Crippen LogP contribution in [0.4, 0.5) is 5.82 Å². The fourth-order valence-corrected chi connectivity index (χ4v) is 2.86. The Morgan fingerprint density at radius 1 is 1.00 bits per heavy atom. The summed E-state index contributed by atoms with van der Waals surface area (Å²) < 4.78 is 7.02. The third-order valence-electron chi connectivity index (χ3n) is 4.23. The molecule has 0 saturated carbocycles. The van der Waals surface area contributed by atoms with E-state index in [-0.39, 0.29) is 5.91 Å². The third kappa shape index (κ3) is 3.61. The zero-order valence-corrected chi connectivity index (χ0v) is 15.2. The monoisotopic (exact) mass is 370 g/mol. The Bertz CT molecular complexity index is 1090. The van der Waals surface area contributed by atoms with Crippen LogP contribution in [0, 0.1) is 0 Å². The number of anilines is 1. The summed E-state index contributed by atoms with van der Waals surface area (Å²) in [6.07, 6.45) is 3.36. The first-order valence-corrected chi connectivity index (χ1v) is 8.76. The maximum Gasteiger partial charge on any atom is 0.260 e. The number of para-hydroxylation sites is 1. The molecule has 138 valence electrons. The normalized spacial score (nSPS) is 10.5. The molecule has 0 saturated heterocycles. The number of ether oxygens (including phenoxy) is 1. The van der Waals surface area contributed by atoms with Crippen LogP contribution >= 0.6 is 0 Å². The average Bonchev–Trinajstić information content (AvgIpc) is 3.21. The molecule has 2 aromatic carbocycles. The Morgan fingerprint density at radius 2 is 1.82 bits per heavy atom. The largest absolute Gasteiger partial charge is 0.497 e. The van der Waals surface area contributed by atoms with Crippen LogP contribution in [0.25, 0.3) is 16.9 Å². The molecular weight excluding hydrogens is 352 g/mol. The molecule has 1 amide bonds. The molecule has 2 aromatic heterocycles. The number of nitrogens with one attached hydrogen (secondary N) is 1. The summed E-state index contributed by atoms with van der Waals surface area (Å²) in [4.78, 5) is 17.1. The van der Waals surface area contributed by atoms with Gasteiger partial charge in [-0.3, -0.25) is 4.79 Å². The number of carbonyl (C=O) groups is 1. The molecule has 0 unspecified atom stereocenters. The smallest absolute Gasteiger partial charge is 0.260 e. The molecule has 4 aromatic rings. The topological polar surface area (TPSA) is 69.0 Å². The highest BCUT2D eigenvalue weighted by Gasteiger charge is 2.19. The molecule has 1 N–H and O–H groups in total. The zero-order chi connectivity index (χ0) is 19.3. The van der Waals surface area contributed by atoms with E-state index in [2.05, 4.69) is 15.4 Å². The van der Waals surface area contributed by atoms with Crippen molar-refractivity contribution < 1.29 is 9.53 Å². The lowest BCUT2D eigenvalue weighted by Crippen LogP contribution is -2.13. The van der Waals surface area contributed by atoms with Crippen LogP contribution in [0.1, 0.15) is 10.4 Å². The zero-order valence-electron chi connectivity index (χ0n) is 15.2. The summed E-state index contributed by atoms with van der Waals surface area (Å²) in [5.41, 5.74) is 2.67. The first-order valence-electron chi connectivity index (χ1n) is 8.76. The summed E-state index contributed by atoms with van der Waals surface area (Å²) in [5.74, 6) is 0.901. The standard InChI is InChI=1S/C22H18N4O2/c1-28-18-11-7-8-16(14-18)21-19(22(27)24-20-12-5-6-13-23-20)15-26(25-21)17-9-3-2-4-10-17/h2-15H,1H3,(H,23,24,27). The molecule has 6 nitrogen and oxygen atoms in total. The Morgan fingerprint density at radius 3 is 2.57 bits per heavy atom. The minimum Gasteiger partial charge on any atom is -0.497 e. The SMILES string of the molecule is COc1cccc(-c2nn(-c3ccccc3)cc2C(=O)Nc2ccccn2)c1. The first kappa shape index (κ1) is 17.5. The number of rotatable bonds is 5. The van der Waals surface area contributed by atoms with Gasteiger partial charge >= 0.3 is 0 Å². The molecule has 0 aliphatic rings. The predicted octanol–water partition coefficient (Wildman–Crippen LogP) is 4.20. The van der Waals surface area contributed by atoms with Crippen molar-refractivity contribution in [2.45, 2.75) is 0 Å². The van der Waals surface area contributed by atoms with Gasteiger partial charge in [-0.15, -0.1) is 0 Å². The number of hydrogen-bond donors (Lipinski definition) is 1. The Labute approximate surface area is 162 Å². The minimum atomic E-state index is -0.279. The molecule has 0 fully saturated rings. The molecule has 0 spiro atoms. The van der Waals surface area contributed by atoms with Gasteiger partial charge in [0.15, 0.2) is 0 Å². The number of nitrogens with zero attached hydrogens (tertiary/aromatic N) is 3. The van der Waals surface area contributed by atoms with Gasteiger partial charge in [-0.1, -0.05) is 36.4 Å². The maximum absolute atomic E-state index is 13.0. The minimum absolute atomic E-state index is 0.279. The van der Waals surface area contributed by atoms with Crippen molar-refractivity contribution in [3.8, 4) is 22.7 Å². The maximum atomic E-state index is 13.0. The van der Waals surface area contributed by atoms with Gasteiger partial charge in [-0.2, -0.15) is 5.10 Å². The van der Waals surface area contributed by atoms with Gasteiger partial charge in [0.05, 0.1) is 18.4 Å². The fourth-order valence-electron chi connectivity index (χ4n) is 2.86. The van der Waals surface area contributed by atoms with Gasteiger partial charge in [0, 0.05) is 18.0 Å². The van der Waals surface area contributed by atoms with Crippen LogP contribution in [0.5, 0.6) is 5.75 Å². The van der Waals surface area contributed by atoms with Crippen LogP contribution in [0.3, 0.4) is 0 Å². The number of hydrogen-bond acceptors (Lipinski definition) is 4. The van der Waals surface area contributed by atoms with Gasteiger partial charge < -0.3 is 10.1 Å². The van der Waals surface area contributed by atoms with Gasteiger partial charge in [-0.05, 0) is 36.4 Å². The van der Waals surface area contributed by atoms with E-state index in [1.807, 2.05) is 60.7 Å². The van der Waals surface area contributed by atoms with E-state index in [9.17, 15) is 4.79 Å². The summed E-state index contributed by atoms with van der Waals surface area (Å²) >= 11 is 0. The van der Waals surface area contributed by atoms with Gasteiger partial charge in [-0.25, -0.2) is 9.67 Å². The lowest BCUT2D eigenvalue weighted by molar-refractivity contribution is 0.102. The number of pyridine rings is 1. The van der Waals surface area contributed by atoms with Crippen molar-refractivity contribution in [3.63, 3.8) is 0 Å². The van der Waals surface area contributed by atoms with E-state index >= 15 is 0 Å². The van der Waals surface area contributed by atoms with Crippen molar-refractivity contribution in [1.29, 1.82) is 0 Å². The van der Waals surface area contributed by atoms with Crippen molar-refractivity contribution in [2.75, 3.05) is 12.4 Å². The number of aromatic nitrogens is 3. The molecule has 0 aliphatic carbocycles. The third-order valence-corrected chi connectivity index (χ3v) is 4.23. The highest BCUT2D eigenvalue weighted by molar-refractivity contribution is 6.07. The van der Waals surface area contributed by atoms with Gasteiger partial charge in [0.2, 0.25) is 0 Å². The van der Waals surface area contributed by atoms with Crippen LogP contribution < -0.4 is 10.1 Å². The highest BCUT2D eigenvalue weighted by atomic mass is 16.5. The molecule has 6 heteroatoms. The molecular formula is C22H18N4O2. The molecule has 2 heterocycles. The van der Waals surface area contributed by atoms with Gasteiger partial charge in [0.25, 0.3) is 5.91 Å². The summed E-state index contributed by atoms with van der Waals surface area (Å²) in [6.45, 7) is 0. The van der Waals surface area contributed by atoms with E-state index in [1.54, 1.807) is 36.3 Å². The summed E-state index contributed by atoms with van der Waals surface area (Å²) in [5, 5.41) is 7.50. The second-order valence-corrected chi connectivity index (χ2v) is 6.07. The Balaban J connectivity index is 1.78. The van der Waals surface area contributed by atoms with Crippen LogP contribution in [0.2, 0.25) is 0 Å². The lowest BCUT2D eigenvalue weighted by atomic mass is 10.1. The van der Waals surface area contributed by atoms with Crippen molar-refractivity contribution in [3.05, 3.63) is 90.8 Å². The number of benzene rings is 2. The second-order valence-electron chi connectivity index (χ2n) is 6.07. The van der Waals surface area contributed by atoms with Crippen LogP contribution in [0.15, 0.2) is 85.2 Å². The first-order chi connectivity index (χ1) is 13.7. The molecule has 0 aliphatic heterocycles. The van der Waals surface area contributed by atoms with Crippen molar-refractivity contribution in [2.24, 2.45) is 0 Å². The molecule has 0 bridgehead atoms. The molecule has 0 radical (unpaired) electrons. The molecule has 4 rings (SSSR count). The molecule has 28 heavy (non-hydrogen) atoms. The van der Waals surface area contributed by atoms with Crippen molar-refractivity contribution in [1.82, 2.24) is 14.8 Å². The highest BCUT2D eigenvalue weighted by Crippen LogP contribution is 2.27. The lowest BCUT2D eigenvalue weighted by Gasteiger charge is -2.06. The quantitative estimate of drug-likeness (QED) is 0.572. The number of methoxy groups -OCH3 is 1. The van der Waals surface area contributed by atoms with Crippen LogP contribution in [-0.4, -0.2) is 27.8 Å². The number of amides is 1. The van der Waals surface area contributed by atoms with E-state index in [1.165, 1.54) is 0 Å². The van der Waals surface area contributed by atoms with E-state index in [4.69, 9.17) is 4.74 Å². The Kier molecular flexibility index (Phi) is 4.84. The Hall–Kier alpha value is -3.93. The van der Waals surface area contributed by atoms with Gasteiger partial charge in [0.1, 0.15) is 17.3 Å². The van der Waals surface area contributed by atoms with Crippen LogP contribution in [-0.2, 0) is 0 Å². The molecule has 0 atom stereocenters. The summed E-state index contributed by atoms with van der Waals surface area (Å²) in [6, 6.07) is 22.5. The summed E-state index contributed by atoms with van der Waals surface area (Å²) in [7, 11) is 1.61. The predicted molar refractivity (Wildman–Crippen MR) is 108 cm³/mol. The van der Waals surface area contributed by atoms with Crippen molar-refractivity contribution >= 4 is 11.7 Å². The van der Waals surface area contributed by atoms with E-state index in [0.29, 0.717) is 22.8 Å². The number of carbonyl (C=O) groups excluding carboxylic acids is 1. The fraction of sp³-hybridized carbons (Fsp3) is 0.0455. The second kappa shape index (κ2) is 7.75. The van der Waals surface area contributed by atoms with E-state index < -0.39 is 0 Å². The average molecular weight is 370 g/mol.